The summed E-state index contributed by atoms with van der Waals surface area (Å²) in [7, 11) is 0. The number of hydrogen-bond donors (Lipinski definition) is 2. The lowest BCUT2D eigenvalue weighted by molar-refractivity contribution is -0.124. The van der Waals surface area contributed by atoms with E-state index in [-0.39, 0.29) is 12.0 Å². The Bertz CT molecular complexity index is 695. The molecule has 5 heteroatoms. The van der Waals surface area contributed by atoms with Gasteiger partial charge in [-0.05, 0) is 61.7 Å². The first-order valence-electron chi connectivity index (χ1n) is 7.67. The largest absolute Gasteiger partial charge is 0.368 e. The molecule has 1 unspecified atom stereocenters. The zero-order chi connectivity index (χ0) is 16.2. The summed E-state index contributed by atoms with van der Waals surface area (Å²) >= 11 is 6.03. The second kappa shape index (κ2) is 7.02. The Balaban J connectivity index is 1.64. The molecule has 2 N–H and O–H groups in total. The molecule has 1 aliphatic heterocycles. The molecule has 2 aromatic carbocycles. The summed E-state index contributed by atoms with van der Waals surface area (Å²) in [6, 6.07) is 13.3. The smallest absolute Gasteiger partial charge is 0.253 e. The number of carbonyl (C=O) groups is 1. The molecule has 1 atom stereocenters. The van der Waals surface area contributed by atoms with E-state index in [2.05, 4.69) is 10.6 Å². The van der Waals surface area contributed by atoms with Crippen LogP contribution in [0.2, 0.25) is 5.02 Å². The normalized spacial score (nSPS) is 17.0. The maximum absolute atomic E-state index is 12.0. The van der Waals surface area contributed by atoms with E-state index in [4.69, 9.17) is 16.3 Å². The molecule has 1 amide bonds. The van der Waals surface area contributed by atoms with E-state index in [0.717, 1.165) is 35.5 Å². The third-order valence-corrected chi connectivity index (χ3v) is 4.09. The highest BCUT2D eigenvalue weighted by atomic mass is 35.5. The summed E-state index contributed by atoms with van der Waals surface area (Å²) in [5, 5.41) is 6.90. The van der Waals surface area contributed by atoms with E-state index >= 15 is 0 Å². The summed E-state index contributed by atoms with van der Waals surface area (Å²) < 4.78 is 5.38. The highest BCUT2D eigenvalue weighted by Gasteiger charge is 2.23. The molecule has 3 rings (SSSR count). The Hall–Kier alpha value is -2.04. The van der Waals surface area contributed by atoms with Gasteiger partial charge in [0.1, 0.15) is 6.10 Å². The minimum absolute atomic E-state index is 0.0751. The lowest BCUT2D eigenvalue weighted by Crippen LogP contribution is -2.26. The van der Waals surface area contributed by atoms with Crippen molar-refractivity contribution in [3.63, 3.8) is 0 Å². The summed E-state index contributed by atoms with van der Waals surface area (Å²) in [5.41, 5.74) is 3.78. The molecule has 1 aliphatic rings. The van der Waals surface area contributed by atoms with Gasteiger partial charge in [0.2, 0.25) is 0 Å². The van der Waals surface area contributed by atoms with Crippen molar-refractivity contribution in [1.29, 1.82) is 0 Å². The number of halogens is 1. The van der Waals surface area contributed by atoms with Crippen molar-refractivity contribution >= 4 is 34.6 Å². The van der Waals surface area contributed by atoms with E-state index in [1.165, 1.54) is 0 Å². The van der Waals surface area contributed by atoms with Crippen LogP contribution in [-0.2, 0) is 9.53 Å². The van der Waals surface area contributed by atoms with Gasteiger partial charge in [-0.2, -0.15) is 0 Å². The van der Waals surface area contributed by atoms with Crippen molar-refractivity contribution in [3.8, 4) is 0 Å². The fraction of sp³-hybridized carbons (Fsp3) is 0.278. The van der Waals surface area contributed by atoms with Crippen molar-refractivity contribution in [2.75, 3.05) is 17.2 Å². The second-order valence-corrected chi connectivity index (χ2v) is 6.09. The van der Waals surface area contributed by atoms with Gasteiger partial charge in [0.15, 0.2) is 0 Å². The first kappa shape index (κ1) is 15.8. The zero-order valence-electron chi connectivity index (χ0n) is 12.9. The maximum atomic E-state index is 12.0. The van der Waals surface area contributed by atoms with Crippen LogP contribution in [0.1, 0.15) is 18.4 Å². The Kier molecular flexibility index (Phi) is 4.84. The van der Waals surface area contributed by atoms with E-state index < -0.39 is 0 Å². The van der Waals surface area contributed by atoms with Gasteiger partial charge in [0.25, 0.3) is 5.91 Å². The van der Waals surface area contributed by atoms with Crippen LogP contribution in [0.25, 0.3) is 0 Å². The average Bonchev–Trinajstić information content (AvgIpc) is 3.07. The molecule has 4 nitrogen and oxygen atoms in total. The fourth-order valence-electron chi connectivity index (χ4n) is 2.53. The molecule has 0 radical (unpaired) electrons. The Labute approximate surface area is 140 Å². The minimum Gasteiger partial charge on any atom is -0.368 e. The van der Waals surface area contributed by atoms with E-state index in [1.807, 2.05) is 49.4 Å². The zero-order valence-corrected chi connectivity index (χ0v) is 13.7. The van der Waals surface area contributed by atoms with Gasteiger partial charge in [0.05, 0.1) is 0 Å². The summed E-state index contributed by atoms with van der Waals surface area (Å²) in [4.78, 5) is 12.0. The molecule has 0 aromatic heterocycles. The standard InChI is InChI=1S/C18H19ClN2O2/c1-12-4-5-13(19)11-16(12)20-14-6-8-15(9-7-14)21-18(22)17-3-2-10-23-17/h4-9,11,17,20H,2-3,10H2,1H3,(H,21,22). The molecular formula is C18H19ClN2O2. The maximum Gasteiger partial charge on any atom is 0.253 e. The van der Waals surface area contributed by atoms with Crippen LogP contribution in [0.5, 0.6) is 0 Å². The van der Waals surface area contributed by atoms with Gasteiger partial charge in [-0.3, -0.25) is 4.79 Å². The van der Waals surface area contributed by atoms with Gasteiger partial charge >= 0.3 is 0 Å². The summed E-state index contributed by atoms with van der Waals surface area (Å²) in [6.07, 6.45) is 1.42. The summed E-state index contributed by atoms with van der Waals surface area (Å²) in [5.74, 6) is -0.0751. The number of aryl methyl sites for hydroxylation is 1. The third kappa shape index (κ3) is 4.03. The van der Waals surface area contributed by atoms with Gasteiger partial charge in [-0.25, -0.2) is 0 Å². The number of benzene rings is 2. The van der Waals surface area contributed by atoms with Crippen molar-refractivity contribution in [3.05, 3.63) is 53.1 Å². The second-order valence-electron chi connectivity index (χ2n) is 5.65. The first-order valence-corrected chi connectivity index (χ1v) is 8.05. The van der Waals surface area contributed by atoms with Crippen LogP contribution in [0.4, 0.5) is 17.1 Å². The van der Waals surface area contributed by atoms with Crippen molar-refractivity contribution in [1.82, 2.24) is 0 Å². The highest BCUT2D eigenvalue weighted by Crippen LogP contribution is 2.25. The Morgan fingerprint density at radius 1 is 1.17 bits per heavy atom. The number of ether oxygens (including phenoxy) is 1. The average molecular weight is 331 g/mol. The number of amides is 1. The van der Waals surface area contributed by atoms with E-state index in [1.54, 1.807) is 0 Å². The molecule has 0 aliphatic carbocycles. The molecule has 1 saturated heterocycles. The van der Waals surface area contributed by atoms with Gasteiger partial charge in [0, 0.05) is 28.7 Å². The van der Waals surface area contributed by atoms with E-state index in [9.17, 15) is 4.79 Å². The minimum atomic E-state index is -0.318. The lowest BCUT2D eigenvalue weighted by atomic mass is 10.2. The number of hydrogen-bond acceptors (Lipinski definition) is 3. The monoisotopic (exact) mass is 330 g/mol. The van der Waals surface area contributed by atoms with Crippen molar-refractivity contribution in [2.24, 2.45) is 0 Å². The molecule has 23 heavy (non-hydrogen) atoms. The first-order chi connectivity index (χ1) is 11.1. The predicted molar refractivity (Wildman–Crippen MR) is 93.5 cm³/mol. The van der Waals surface area contributed by atoms with Crippen LogP contribution in [0.15, 0.2) is 42.5 Å². The molecule has 2 aromatic rings. The molecule has 1 heterocycles. The SMILES string of the molecule is Cc1ccc(Cl)cc1Nc1ccc(NC(=O)C2CCCO2)cc1. The number of rotatable bonds is 4. The van der Waals surface area contributed by atoms with Crippen molar-refractivity contribution < 1.29 is 9.53 Å². The van der Waals surface area contributed by atoms with E-state index in [0.29, 0.717) is 11.6 Å². The lowest BCUT2D eigenvalue weighted by Gasteiger charge is -2.12. The highest BCUT2D eigenvalue weighted by molar-refractivity contribution is 6.30. The predicted octanol–water partition coefficient (Wildman–Crippen LogP) is 4.51. The molecule has 1 fully saturated rings. The van der Waals surface area contributed by atoms with Crippen LogP contribution in [-0.4, -0.2) is 18.6 Å². The van der Waals surface area contributed by atoms with Crippen LogP contribution < -0.4 is 10.6 Å². The molecule has 0 bridgehead atoms. The van der Waals surface area contributed by atoms with Gasteiger partial charge in [-0.15, -0.1) is 0 Å². The van der Waals surface area contributed by atoms with Crippen LogP contribution in [0.3, 0.4) is 0 Å². The Morgan fingerprint density at radius 3 is 2.61 bits per heavy atom. The molecular weight excluding hydrogens is 312 g/mol. The molecule has 0 saturated carbocycles. The fourth-order valence-corrected chi connectivity index (χ4v) is 2.70. The van der Waals surface area contributed by atoms with Crippen LogP contribution >= 0.6 is 11.6 Å². The van der Waals surface area contributed by atoms with Gasteiger partial charge < -0.3 is 15.4 Å². The molecule has 120 valence electrons. The number of anilines is 3. The third-order valence-electron chi connectivity index (χ3n) is 3.85. The number of carbonyl (C=O) groups excluding carboxylic acids is 1. The van der Waals surface area contributed by atoms with Crippen molar-refractivity contribution in [2.45, 2.75) is 25.9 Å². The molecule has 0 spiro atoms. The summed E-state index contributed by atoms with van der Waals surface area (Å²) in [6.45, 7) is 2.69. The topological polar surface area (TPSA) is 50.4 Å². The Morgan fingerprint density at radius 2 is 1.91 bits per heavy atom. The number of nitrogens with one attached hydrogen (secondary N) is 2. The van der Waals surface area contributed by atoms with Gasteiger partial charge in [-0.1, -0.05) is 17.7 Å². The van der Waals surface area contributed by atoms with Crippen LogP contribution in [0, 0.1) is 6.92 Å². The quantitative estimate of drug-likeness (QED) is 0.867.